The van der Waals surface area contributed by atoms with Crippen LogP contribution in [0.1, 0.15) is 239 Å². The van der Waals surface area contributed by atoms with E-state index in [-0.39, 0.29) is 25.6 Å². The molecule has 0 aromatic carbocycles. The highest BCUT2D eigenvalue weighted by Gasteiger charge is 2.27. The molecular weight excluding hydrogens is 786 g/mol. The molecule has 0 bridgehead atoms. The quantitative estimate of drug-likeness (QED) is 0.0212. The summed E-state index contributed by atoms with van der Waals surface area (Å²) in [7, 11) is 1.48. The van der Waals surface area contributed by atoms with Crippen LogP contribution >= 0.6 is 7.82 Å². The molecule has 9 nitrogen and oxygen atoms in total. The first-order valence-corrected chi connectivity index (χ1v) is 27.1. The number of quaternary nitrogens is 1. The molecule has 0 aliphatic rings. The predicted molar refractivity (Wildman–Crippen MR) is 257 cm³/mol. The molecule has 360 valence electrons. The van der Waals surface area contributed by atoms with Gasteiger partial charge in [0.25, 0.3) is 0 Å². The average Bonchev–Trinajstić information content (AvgIpc) is 3.21. The van der Waals surface area contributed by atoms with Gasteiger partial charge < -0.3 is 18.9 Å². The zero-order chi connectivity index (χ0) is 45.0. The van der Waals surface area contributed by atoms with Crippen molar-refractivity contribution in [2.45, 2.75) is 245 Å². The summed E-state index contributed by atoms with van der Waals surface area (Å²) in [5.74, 6) is -0.804. The van der Waals surface area contributed by atoms with E-state index in [0.29, 0.717) is 23.9 Å². The highest BCUT2D eigenvalue weighted by atomic mass is 31.2. The summed E-state index contributed by atoms with van der Waals surface area (Å²) in [6.45, 7) is 4.38. The Labute approximate surface area is 377 Å². The fourth-order valence-corrected chi connectivity index (χ4v) is 7.97. The third-order valence-electron chi connectivity index (χ3n) is 11.2. The van der Waals surface area contributed by atoms with Crippen LogP contribution in [0.25, 0.3) is 0 Å². The smallest absolute Gasteiger partial charge is 0.462 e. The van der Waals surface area contributed by atoms with Gasteiger partial charge in [0.15, 0.2) is 6.10 Å². The number of unbranched alkanes of at least 4 members (excludes halogenated alkanes) is 29. The van der Waals surface area contributed by atoms with Crippen LogP contribution in [-0.4, -0.2) is 74.9 Å². The minimum atomic E-state index is -4.38. The second kappa shape index (κ2) is 43.7. The second-order valence-electron chi connectivity index (χ2n) is 18.6. The Morgan fingerprint density at radius 2 is 0.918 bits per heavy atom. The van der Waals surface area contributed by atoms with Crippen LogP contribution in [0.5, 0.6) is 0 Å². The normalized spacial score (nSPS) is 13.6. The summed E-state index contributed by atoms with van der Waals surface area (Å²) in [5, 5.41) is 0. The summed E-state index contributed by atoms with van der Waals surface area (Å²) in [5.41, 5.74) is 0. The molecule has 0 fully saturated rings. The van der Waals surface area contributed by atoms with Crippen LogP contribution in [0.15, 0.2) is 24.3 Å². The molecule has 0 saturated carbocycles. The number of likely N-dealkylation sites (N-methyl/N-ethyl adjacent to an activating group) is 1. The van der Waals surface area contributed by atoms with E-state index in [9.17, 15) is 19.0 Å². The van der Waals surface area contributed by atoms with Crippen LogP contribution in [0.3, 0.4) is 0 Å². The van der Waals surface area contributed by atoms with Gasteiger partial charge in [-0.2, -0.15) is 0 Å². The number of hydrogen-bond acceptors (Lipinski definition) is 7. The van der Waals surface area contributed by atoms with E-state index in [1.54, 1.807) is 0 Å². The van der Waals surface area contributed by atoms with Crippen molar-refractivity contribution in [3.8, 4) is 0 Å². The van der Waals surface area contributed by atoms with E-state index >= 15 is 0 Å². The van der Waals surface area contributed by atoms with Crippen molar-refractivity contribution in [1.29, 1.82) is 0 Å². The van der Waals surface area contributed by atoms with Crippen LogP contribution in [0, 0.1) is 0 Å². The van der Waals surface area contributed by atoms with Gasteiger partial charge in [-0.15, -0.1) is 0 Å². The van der Waals surface area contributed by atoms with Gasteiger partial charge in [-0.05, 0) is 38.5 Å². The van der Waals surface area contributed by atoms with E-state index in [4.69, 9.17) is 18.5 Å². The number of phosphoric acid groups is 1. The van der Waals surface area contributed by atoms with Crippen molar-refractivity contribution < 1.29 is 42.1 Å². The molecule has 0 rings (SSSR count). The van der Waals surface area contributed by atoms with Crippen molar-refractivity contribution in [3.63, 3.8) is 0 Å². The van der Waals surface area contributed by atoms with Gasteiger partial charge in [-0.25, -0.2) is 4.57 Å². The molecule has 0 heterocycles. The number of phosphoric ester groups is 1. The Balaban J connectivity index is 4.13. The van der Waals surface area contributed by atoms with Crippen LogP contribution in [-0.2, 0) is 32.7 Å². The molecule has 61 heavy (non-hydrogen) atoms. The molecule has 0 aliphatic heterocycles. The second-order valence-corrected chi connectivity index (χ2v) is 20.0. The molecule has 0 aromatic rings. The largest absolute Gasteiger partial charge is 0.472 e. The first-order chi connectivity index (χ1) is 29.5. The predicted octanol–water partition coefficient (Wildman–Crippen LogP) is 15.1. The lowest BCUT2D eigenvalue weighted by molar-refractivity contribution is -0.870. The van der Waals surface area contributed by atoms with Crippen molar-refractivity contribution >= 4 is 19.8 Å². The minimum absolute atomic E-state index is 0.0307. The van der Waals surface area contributed by atoms with Crippen molar-refractivity contribution in [2.24, 2.45) is 0 Å². The Morgan fingerprint density at radius 1 is 0.508 bits per heavy atom. The molecule has 0 aliphatic carbocycles. The maximum absolute atomic E-state index is 12.7. The summed E-state index contributed by atoms with van der Waals surface area (Å²) in [6.07, 6.45) is 49.6. The van der Waals surface area contributed by atoms with Gasteiger partial charge >= 0.3 is 19.8 Å². The fraction of sp³-hybridized carbons (Fsp3) is 0.882. The minimum Gasteiger partial charge on any atom is -0.462 e. The first-order valence-electron chi connectivity index (χ1n) is 25.6. The van der Waals surface area contributed by atoms with E-state index in [1.165, 1.54) is 141 Å². The summed E-state index contributed by atoms with van der Waals surface area (Å²) in [4.78, 5) is 35.5. The fourth-order valence-electron chi connectivity index (χ4n) is 7.23. The molecule has 1 N–H and O–H groups in total. The van der Waals surface area contributed by atoms with Crippen molar-refractivity contribution in [2.75, 3.05) is 47.5 Å². The Bertz CT molecular complexity index is 1090. The topological polar surface area (TPSA) is 108 Å². The van der Waals surface area contributed by atoms with Gasteiger partial charge in [0, 0.05) is 12.8 Å². The molecule has 2 unspecified atom stereocenters. The standard InChI is InChI=1S/C51H98NO8P/c1-6-8-10-12-14-16-18-20-21-22-23-24-25-26-27-28-29-30-32-33-35-37-39-41-43-50(53)57-47-49(48-59-61(55,56)58-46-45-52(3,4)5)60-51(54)44-42-40-38-36-34-31-19-17-15-13-11-9-7-2/h11,13,17,19,49H,6-10,12,14-16,18,20-48H2,1-5H3/p+1/b13-11-,19-17-. The van der Waals surface area contributed by atoms with Gasteiger partial charge in [-0.3, -0.25) is 18.6 Å². The van der Waals surface area contributed by atoms with E-state index in [1.807, 2.05) is 21.1 Å². The molecule has 2 atom stereocenters. The Morgan fingerprint density at radius 3 is 1.36 bits per heavy atom. The van der Waals surface area contributed by atoms with Gasteiger partial charge in [0.2, 0.25) is 0 Å². The number of ether oxygens (including phenoxy) is 2. The first kappa shape index (κ1) is 59.5. The van der Waals surface area contributed by atoms with Gasteiger partial charge in [0.05, 0.1) is 27.7 Å². The number of allylic oxidation sites excluding steroid dienone is 4. The number of carbonyl (C=O) groups is 2. The number of hydrogen-bond donors (Lipinski definition) is 1. The number of esters is 2. The number of nitrogens with zero attached hydrogens (tertiary/aromatic N) is 1. The van der Waals surface area contributed by atoms with E-state index < -0.39 is 26.5 Å². The average molecular weight is 885 g/mol. The maximum atomic E-state index is 12.7. The van der Waals surface area contributed by atoms with Crippen molar-refractivity contribution in [1.82, 2.24) is 0 Å². The van der Waals surface area contributed by atoms with E-state index in [0.717, 1.165) is 64.2 Å². The molecule has 10 heteroatoms. The van der Waals surface area contributed by atoms with E-state index in [2.05, 4.69) is 38.2 Å². The Kier molecular flexibility index (Phi) is 42.6. The molecule has 0 amide bonds. The lowest BCUT2D eigenvalue weighted by Crippen LogP contribution is -2.37. The summed E-state index contributed by atoms with van der Waals surface area (Å²) < 4.78 is 34.4. The zero-order valence-electron chi connectivity index (χ0n) is 40.7. The van der Waals surface area contributed by atoms with Gasteiger partial charge in [-0.1, -0.05) is 212 Å². The highest BCUT2D eigenvalue weighted by molar-refractivity contribution is 7.47. The van der Waals surface area contributed by atoms with Gasteiger partial charge in [0.1, 0.15) is 19.8 Å². The lowest BCUT2D eigenvalue weighted by Gasteiger charge is -2.24. The van der Waals surface area contributed by atoms with Crippen molar-refractivity contribution in [3.05, 3.63) is 24.3 Å². The highest BCUT2D eigenvalue weighted by Crippen LogP contribution is 2.43. The zero-order valence-corrected chi connectivity index (χ0v) is 41.6. The molecule has 0 saturated heterocycles. The van der Waals surface area contributed by atoms with Crippen LogP contribution < -0.4 is 0 Å². The van der Waals surface area contributed by atoms with Crippen LogP contribution in [0.2, 0.25) is 0 Å². The third-order valence-corrected chi connectivity index (χ3v) is 12.2. The number of rotatable bonds is 47. The number of carbonyl (C=O) groups excluding carboxylic acids is 2. The SMILES string of the molecule is CCC/C=C\C/C=C\CCCCCCCC(=O)OC(COC(=O)CCCCCCCCCCCCCCCCCCCCCCCCCC)COP(=O)(O)OCC[N+](C)(C)C. The summed E-state index contributed by atoms with van der Waals surface area (Å²) in [6, 6.07) is 0. The molecule has 0 radical (unpaired) electrons. The Hall–Kier alpha value is -1.51. The lowest BCUT2D eigenvalue weighted by atomic mass is 10.0. The molecular formula is C51H99NO8P+. The monoisotopic (exact) mass is 885 g/mol. The maximum Gasteiger partial charge on any atom is 0.472 e. The third kappa shape index (κ3) is 47.8. The summed E-state index contributed by atoms with van der Waals surface area (Å²) >= 11 is 0. The van der Waals surface area contributed by atoms with Crippen LogP contribution in [0.4, 0.5) is 0 Å². The molecule has 0 aromatic heterocycles. The molecule has 0 spiro atoms.